The first kappa shape index (κ1) is 11.9. The Labute approximate surface area is 109 Å². The third-order valence-electron chi connectivity index (χ3n) is 4.93. The first-order valence-electron chi connectivity index (χ1n) is 7.09. The van der Waals surface area contributed by atoms with Crippen LogP contribution in [0.15, 0.2) is 24.3 Å². The van der Waals surface area contributed by atoms with Crippen LogP contribution in [0.1, 0.15) is 42.1 Å². The van der Waals surface area contributed by atoms with Crippen molar-refractivity contribution in [1.29, 1.82) is 0 Å². The molecule has 0 saturated heterocycles. The topological polar surface area (TPSA) is 43.1 Å². The van der Waals surface area contributed by atoms with Crippen LogP contribution in [0, 0.1) is 17.8 Å². The summed E-state index contributed by atoms with van der Waals surface area (Å²) in [6.07, 6.45) is 4.61. The fraction of sp³-hybridized carbons (Fsp3) is 0.562. The van der Waals surface area contributed by atoms with Gasteiger partial charge in [0, 0.05) is 17.5 Å². The molecular weight excluding hydrogens is 222 g/mol. The van der Waals surface area contributed by atoms with Gasteiger partial charge in [0.25, 0.3) is 0 Å². The van der Waals surface area contributed by atoms with E-state index in [0.717, 1.165) is 12.0 Å². The number of Topliss-reactive ketones (excluding diaryl/α,β-unsaturated/α-hetero) is 1. The predicted molar refractivity (Wildman–Crippen MR) is 72.4 cm³/mol. The molecule has 4 unspecified atom stereocenters. The Kier molecular flexibility index (Phi) is 2.98. The molecule has 1 aromatic rings. The quantitative estimate of drug-likeness (QED) is 0.830. The van der Waals surface area contributed by atoms with E-state index in [1.54, 1.807) is 0 Å². The Morgan fingerprint density at radius 2 is 1.89 bits per heavy atom. The number of hydrogen-bond acceptors (Lipinski definition) is 2. The number of nitrogens with two attached hydrogens (primary N) is 1. The fourth-order valence-corrected chi connectivity index (χ4v) is 3.82. The van der Waals surface area contributed by atoms with E-state index in [0.29, 0.717) is 11.8 Å². The zero-order valence-corrected chi connectivity index (χ0v) is 10.9. The van der Waals surface area contributed by atoms with Gasteiger partial charge in [0.15, 0.2) is 5.78 Å². The lowest BCUT2D eigenvalue weighted by Gasteiger charge is -2.26. The van der Waals surface area contributed by atoms with Gasteiger partial charge in [-0.3, -0.25) is 4.79 Å². The summed E-state index contributed by atoms with van der Waals surface area (Å²) in [4.78, 5) is 12.6. The van der Waals surface area contributed by atoms with Crippen LogP contribution in [0.4, 0.5) is 0 Å². The van der Waals surface area contributed by atoms with Crippen LogP contribution < -0.4 is 5.73 Å². The van der Waals surface area contributed by atoms with Crippen LogP contribution in [0.25, 0.3) is 0 Å². The van der Waals surface area contributed by atoms with E-state index in [1.165, 1.54) is 24.8 Å². The maximum atomic E-state index is 12.6. The second-order valence-corrected chi connectivity index (χ2v) is 5.85. The van der Waals surface area contributed by atoms with Crippen molar-refractivity contribution >= 4 is 5.78 Å². The van der Waals surface area contributed by atoms with E-state index >= 15 is 0 Å². The highest BCUT2D eigenvalue weighted by Gasteiger charge is 2.48. The summed E-state index contributed by atoms with van der Waals surface area (Å²) in [7, 11) is 0. The molecule has 2 aliphatic carbocycles. The SMILES string of the molecule is CCc1ccc(C(=O)C2C3CCC(C3)C2N)cc1. The van der Waals surface area contributed by atoms with Crippen molar-refractivity contribution in [2.75, 3.05) is 0 Å². The van der Waals surface area contributed by atoms with Crippen molar-refractivity contribution in [3.63, 3.8) is 0 Å². The van der Waals surface area contributed by atoms with Crippen molar-refractivity contribution in [1.82, 2.24) is 0 Å². The highest BCUT2D eigenvalue weighted by atomic mass is 16.1. The van der Waals surface area contributed by atoms with Gasteiger partial charge in [0.05, 0.1) is 0 Å². The maximum Gasteiger partial charge on any atom is 0.167 e. The summed E-state index contributed by atoms with van der Waals surface area (Å²) >= 11 is 0. The summed E-state index contributed by atoms with van der Waals surface area (Å²) in [6.45, 7) is 2.13. The summed E-state index contributed by atoms with van der Waals surface area (Å²) in [6, 6.07) is 8.17. The molecule has 2 N–H and O–H groups in total. The molecule has 18 heavy (non-hydrogen) atoms. The Hall–Kier alpha value is -1.15. The zero-order chi connectivity index (χ0) is 12.7. The summed E-state index contributed by atoms with van der Waals surface area (Å²) in [5.74, 6) is 1.50. The number of benzene rings is 1. The van der Waals surface area contributed by atoms with E-state index in [-0.39, 0.29) is 17.7 Å². The number of aryl methyl sites for hydroxylation is 1. The molecule has 0 amide bonds. The number of hydrogen-bond donors (Lipinski definition) is 1. The van der Waals surface area contributed by atoms with Gasteiger partial charge in [-0.05, 0) is 43.1 Å². The van der Waals surface area contributed by atoms with Crippen molar-refractivity contribution in [2.24, 2.45) is 23.5 Å². The van der Waals surface area contributed by atoms with Gasteiger partial charge in [-0.15, -0.1) is 0 Å². The molecular formula is C16H21NO. The van der Waals surface area contributed by atoms with Gasteiger partial charge < -0.3 is 5.73 Å². The third-order valence-corrected chi connectivity index (χ3v) is 4.93. The molecule has 4 atom stereocenters. The molecule has 2 saturated carbocycles. The molecule has 0 radical (unpaired) electrons. The molecule has 0 aromatic heterocycles. The van der Waals surface area contributed by atoms with Crippen molar-refractivity contribution < 1.29 is 4.79 Å². The molecule has 0 spiro atoms. The smallest absolute Gasteiger partial charge is 0.167 e. The van der Waals surface area contributed by atoms with E-state index in [9.17, 15) is 4.79 Å². The largest absolute Gasteiger partial charge is 0.327 e. The monoisotopic (exact) mass is 243 g/mol. The predicted octanol–water partition coefficient (Wildman–Crippen LogP) is 2.81. The number of ketones is 1. The Morgan fingerprint density at radius 1 is 1.22 bits per heavy atom. The lowest BCUT2D eigenvalue weighted by molar-refractivity contribution is 0.0856. The highest BCUT2D eigenvalue weighted by molar-refractivity contribution is 5.98. The first-order chi connectivity index (χ1) is 8.70. The van der Waals surface area contributed by atoms with E-state index < -0.39 is 0 Å². The van der Waals surface area contributed by atoms with Gasteiger partial charge in [0.1, 0.15) is 0 Å². The molecule has 2 heteroatoms. The molecule has 0 aliphatic heterocycles. The van der Waals surface area contributed by atoms with Crippen LogP contribution >= 0.6 is 0 Å². The summed E-state index contributed by atoms with van der Waals surface area (Å²) in [5, 5.41) is 0. The molecule has 2 bridgehead atoms. The molecule has 2 fully saturated rings. The van der Waals surface area contributed by atoms with Gasteiger partial charge in [-0.1, -0.05) is 31.2 Å². The van der Waals surface area contributed by atoms with Crippen molar-refractivity contribution in [2.45, 2.75) is 38.6 Å². The molecule has 3 rings (SSSR count). The van der Waals surface area contributed by atoms with Crippen LogP contribution in [-0.2, 0) is 6.42 Å². The zero-order valence-electron chi connectivity index (χ0n) is 10.9. The average Bonchev–Trinajstić information content (AvgIpc) is 2.99. The molecule has 96 valence electrons. The standard InChI is InChI=1S/C16H21NO/c1-2-10-3-5-11(6-4-10)16(18)14-12-7-8-13(9-12)15(14)17/h3-6,12-15H,2,7-9,17H2,1H3. The van der Waals surface area contributed by atoms with Crippen LogP contribution in [-0.4, -0.2) is 11.8 Å². The van der Waals surface area contributed by atoms with E-state index in [1.807, 2.05) is 12.1 Å². The highest BCUT2D eigenvalue weighted by Crippen LogP contribution is 2.48. The summed E-state index contributed by atoms with van der Waals surface area (Å²) in [5.41, 5.74) is 8.37. The van der Waals surface area contributed by atoms with Gasteiger partial charge in [0.2, 0.25) is 0 Å². The van der Waals surface area contributed by atoms with Crippen LogP contribution in [0.2, 0.25) is 0 Å². The lowest BCUT2D eigenvalue weighted by Crippen LogP contribution is -2.40. The second kappa shape index (κ2) is 4.51. The number of rotatable bonds is 3. The van der Waals surface area contributed by atoms with E-state index in [4.69, 9.17) is 5.73 Å². The number of fused-ring (bicyclic) bond motifs is 2. The van der Waals surface area contributed by atoms with Gasteiger partial charge >= 0.3 is 0 Å². The van der Waals surface area contributed by atoms with Crippen molar-refractivity contribution in [3.8, 4) is 0 Å². The second-order valence-electron chi connectivity index (χ2n) is 5.85. The minimum absolute atomic E-state index is 0.0798. The van der Waals surface area contributed by atoms with Gasteiger partial charge in [-0.2, -0.15) is 0 Å². The van der Waals surface area contributed by atoms with Crippen molar-refractivity contribution in [3.05, 3.63) is 35.4 Å². The number of carbonyl (C=O) groups is 1. The van der Waals surface area contributed by atoms with Crippen LogP contribution in [0.3, 0.4) is 0 Å². The Balaban J connectivity index is 1.81. The normalized spacial score (nSPS) is 33.9. The Morgan fingerprint density at radius 3 is 2.44 bits per heavy atom. The fourth-order valence-electron chi connectivity index (χ4n) is 3.82. The molecule has 2 nitrogen and oxygen atoms in total. The van der Waals surface area contributed by atoms with Gasteiger partial charge in [-0.25, -0.2) is 0 Å². The minimum atomic E-state index is 0.0798. The summed E-state index contributed by atoms with van der Waals surface area (Å²) < 4.78 is 0. The maximum absolute atomic E-state index is 12.6. The van der Waals surface area contributed by atoms with Crippen LogP contribution in [0.5, 0.6) is 0 Å². The lowest BCUT2D eigenvalue weighted by atomic mass is 9.80. The molecule has 0 heterocycles. The first-order valence-corrected chi connectivity index (χ1v) is 7.09. The third kappa shape index (κ3) is 1.79. The minimum Gasteiger partial charge on any atom is -0.327 e. The molecule has 1 aromatic carbocycles. The number of carbonyl (C=O) groups excluding carboxylic acids is 1. The molecule has 2 aliphatic rings. The Bertz CT molecular complexity index is 449. The average molecular weight is 243 g/mol. The van der Waals surface area contributed by atoms with E-state index in [2.05, 4.69) is 19.1 Å².